The zero-order chi connectivity index (χ0) is 12.4. The molecule has 4 aromatic rings. The second-order valence-electron chi connectivity index (χ2n) is 4.69. The Labute approximate surface area is 107 Å². The summed E-state index contributed by atoms with van der Waals surface area (Å²) < 4.78 is 10.00. The Balaban J connectivity index is 1.94. The second-order valence-corrected chi connectivity index (χ2v) is 4.69. The maximum absolute atomic E-state index is 5.98. The third-order valence-corrected chi connectivity index (χ3v) is 3.64. The largest absolute Gasteiger partial charge is 0.396 e. The number of hydrogen-bond acceptors (Lipinski definition) is 3. The van der Waals surface area contributed by atoms with Crippen molar-refractivity contribution >= 4 is 16.6 Å². The van der Waals surface area contributed by atoms with E-state index in [1.54, 1.807) is 6.20 Å². The quantitative estimate of drug-likeness (QED) is 0.393. The molecule has 1 aliphatic heterocycles. The minimum atomic E-state index is 0.757. The Morgan fingerprint density at radius 2 is 2.16 bits per heavy atom. The zero-order valence-electron chi connectivity index (χ0n) is 9.95. The average molecular weight is 249 g/mol. The van der Waals surface area contributed by atoms with Crippen LogP contribution in [0.4, 0.5) is 0 Å². The van der Waals surface area contributed by atoms with Gasteiger partial charge in [-0.25, -0.2) is 4.52 Å². The van der Waals surface area contributed by atoms with E-state index in [2.05, 4.69) is 26.8 Å². The van der Waals surface area contributed by atoms with E-state index in [1.165, 1.54) is 0 Å². The Morgan fingerprint density at radius 1 is 1.21 bits per heavy atom. The summed E-state index contributed by atoms with van der Waals surface area (Å²) >= 11 is 0. The predicted molar refractivity (Wildman–Crippen MR) is 67.5 cm³/mol. The van der Waals surface area contributed by atoms with E-state index >= 15 is 0 Å². The van der Waals surface area contributed by atoms with Crippen LogP contribution in [0, 0.1) is 0 Å². The summed E-state index contributed by atoms with van der Waals surface area (Å²) in [5.74, 6) is 0.888. The van der Waals surface area contributed by atoms with Gasteiger partial charge in [0.15, 0.2) is 6.54 Å². The van der Waals surface area contributed by atoms with E-state index in [0.29, 0.717) is 0 Å². The van der Waals surface area contributed by atoms with E-state index in [1.807, 2.05) is 29.0 Å². The standard InChI is InChI=1S/C14H9N4O/c1-3-9-10(15-5-1)7-17-13-11-4-2-6-16-18(11)8-12(13)19-14(9)17/h1-6,8H,7H2/q+1. The number of oxazole rings is 1. The molecule has 0 radical (unpaired) electrons. The fourth-order valence-corrected chi connectivity index (χ4v) is 2.84. The summed E-state index contributed by atoms with van der Waals surface area (Å²) in [7, 11) is 0. The molecule has 19 heavy (non-hydrogen) atoms. The molecule has 0 fully saturated rings. The van der Waals surface area contributed by atoms with Crippen LogP contribution >= 0.6 is 0 Å². The SMILES string of the molecule is c1cnc2c(c1)-c1oc3cn4ncccc4c3[n+]1C2. The Morgan fingerprint density at radius 3 is 3.16 bits per heavy atom. The fourth-order valence-electron chi connectivity index (χ4n) is 2.84. The topological polar surface area (TPSA) is 47.2 Å². The Hall–Kier alpha value is -2.69. The highest BCUT2D eigenvalue weighted by Crippen LogP contribution is 2.31. The van der Waals surface area contributed by atoms with Crippen LogP contribution in [0.1, 0.15) is 5.69 Å². The van der Waals surface area contributed by atoms with Gasteiger partial charge in [0.05, 0.1) is 6.20 Å². The lowest BCUT2D eigenvalue weighted by Crippen LogP contribution is -2.30. The number of nitrogens with zero attached hydrogens (tertiary/aromatic N) is 4. The molecule has 0 spiro atoms. The van der Waals surface area contributed by atoms with Crippen molar-refractivity contribution in [3.05, 3.63) is 48.5 Å². The van der Waals surface area contributed by atoms with Gasteiger partial charge in [-0.15, -0.1) is 4.57 Å². The Bertz CT molecular complexity index is 951. The molecule has 0 atom stereocenters. The first-order valence-corrected chi connectivity index (χ1v) is 6.15. The third kappa shape index (κ3) is 1.03. The van der Waals surface area contributed by atoms with Crippen LogP contribution in [0.3, 0.4) is 0 Å². The minimum Gasteiger partial charge on any atom is -0.396 e. The second kappa shape index (κ2) is 3.00. The maximum Gasteiger partial charge on any atom is 0.384 e. The van der Waals surface area contributed by atoms with E-state index < -0.39 is 0 Å². The van der Waals surface area contributed by atoms with Crippen LogP contribution < -0.4 is 4.57 Å². The van der Waals surface area contributed by atoms with Crippen molar-refractivity contribution < 1.29 is 8.98 Å². The van der Waals surface area contributed by atoms with Gasteiger partial charge in [-0.05, 0) is 24.3 Å². The number of pyridine rings is 1. The van der Waals surface area contributed by atoms with Crippen LogP contribution in [0.15, 0.2) is 47.3 Å². The first-order valence-electron chi connectivity index (χ1n) is 6.15. The molecule has 1 aliphatic rings. The van der Waals surface area contributed by atoms with Crippen LogP contribution in [-0.4, -0.2) is 14.6 Å². The molecular weight excluding hydrogens is 240 g/mol. The molecule has 0 amide bonds. The van der Waals surface area contributed by atoms with Gasteiger partial charge in [-0.1, -0.05) is 0 Å². The van der Waals surface area contributed by atoms with Crippen LogP contribution in [0.5, 0.6) is 0 Å². The normalized spacial score (nSPS) is 13.1. The molecule has 0 bridgehead atoms. The number of rotatable bonds is 0. The van der Waals surface area contributed by atoms with Gasteiger partial charge >= 0.3 is 5.89 Å². The van der Waals surface area contributed by atoms with Crippen molar-refractivity contribution in [2.45, 2.75) is 6.54 Å². The summed E-state index contributed by atoms with van der Waals surface area (Å²) in [6.45, 7) is 0.757. The van der Waals surface area contributed by atoms with Crippen molar-refractivity contribution in [2.24, 2.45) is 0 Å². The highest BCUT2D eigenvalue weighted by atomic mass is 16.4. The molecule has 0 saturated heterocycles. The summed E-state index contributed by atoms with van der Waals surface area (Å²) in [4.78, 5) is 4.41. The minimum absolute atomic E-state index is 0.757. The van der Waals surface area contributed by atoms with Gasteiger partial charge in [-0.2, -0.15) is 5.10 Å². The van der Waals surface area contributed by atoms with Gasteiger partial charge < -0.3 is 4.42 Å². The van der Waals surface area contributed by atoms with E-state index in [4.69, 9.17) is 4.42 Å². The number of fused-ring (bicyclic) bond motifs is 7. The summed E-state index contributed by atoms with van der Waals surface area (Å²) in [6.07, 6.45) is 5.51. The molecule has 0 aromatic carbocycles. The first-order chi connectivity index (χ1) is 9.42. The lowest BCUT2D eigenvalue weighted by molar-refractivity contribution is -0.649. The molecule has 5 heterocycles. The molecule has 0 unspecified atom stereocenters. The monoisotopic (exact) mass is 249 g/mol. The first kappa shape index (κ1) is 9.27. The molecule has 0 saturated carbocycles. The summed E-state index contributed by atoms with van der Waals surface area (Å²) in [5, 5.41) is 4.29. The van der Waals surface area contributed by atoms with Crippen LogP contribution in [0.25, 0.3) is 28.1 Å². The fraction of sp³-hybridized carbons (Fsp3) is 0.0714. The van der Waals surface area contributed by atoms with Crippen molar-refractivity contribution in [1.82, 2.24) is 14.6 Å². The highest BCUT2D eigenvalue weighted by Gasteiger charge is 2.36. The van der Waals surface area contributed by atoms with Crippen molar-refractivity contribution in [2.75, 3.05) is 0 Å². The summed E-state index contributed by atoms with van der Waals surface area (Å²) in [5.41, 5.74) is 5.15. The van der Waals surface area contributed by atoms with Gasteiger partial charge in [0.1, 0.15) is 16.8 Å². The molecule has 5 rings (SSSR count). The van der Waals surface area contributed by atoms with E-state index in [0.717, 1.165) is 40.3 Å². The van der Waals surface area contributed by atoms with Crippen molar-refractivity contribution in [1.29, 1.82) is 0 Å². The van der Waals surface area contributed by atoms with Crippen molar-refractivity contribution in [3.8, 4) is 11.5 Å². The third-order valence-electron chi connectivity index (χ3n) is 3.64. The van der Waals surface area contributed by atoms with Gasteiger partial charge in [0.25, 0.3) is 5.52 Å². The smallest absolute Gasteiger partial charge is 0.384 e. The van der Waals surface area contributed by atoms with E-state index in [-0.39, 0.29) is 0 Å². The van der Waals surface area contributed by atoms with E-state index in [9.17, 15) is 0 Å². The zero-order valence-corrected chi connectivity index (χ0v) is 9.95. The molecule has 5 heteroatoms. The Kier molecular flexibility index (Phi) is 1.46. The highest BCUT2D eigenvalue weighted by molar-refractivity contribution is 5.88. The van der Waals surface area contributed by atoms with Gasteiger partial charge in [0, 0.05) is 12.4 Å². The molecule has 90 valence electrons. The molecule has 0 aliphatic carbocycles. The van der Waals surface area contributed by atoms with Gasteiger partial charge in [0.2, 0.25) is 5.58 Å². The number of aromatic nitrogens is 4. The maximum atomic E-state index is 5.98. The van der Waals surface area contributed by atoms with Crippen LogP contribution in [-0.2, 0) is 6.54 Å². The average Bonchev–Trinajstić information content (AvgIpc) is 3.05. The number of hydrogen-bond donors (Lipinski definition) is 0. The van der Waals surface area contributed by atoms with Crippen molar-refractivity contribution in [3.63, 3.8) is 0 Å². The lowest BCUT2D eigenvalue weighted by atomic mass is 10.2. The molecular formula is C14H9N4O+. The molecule has 5 nitrogen and oxygen atoms in total. The predicted octanol–water partition coefficient (Wildman–Crippen LogP) is 1.79. The molecule has 4 aromatic heterocycles. The molecule has 0 N–H and O–H groups in total. The van der Waals surface area contributed by atoms with Gasteiger partial charge in [-0.3, -0.25) is 4.98 Å². The lowest BCUT2D eigenvalue weighted by Gasteiger charge is -1.89. The van der Waals surface area contributed by atoms with Crippen LogP contribution in [0.2, 0.25) is 0 Å². The summed E-state index contributed by atoms with van der Waals surface area (Å²) in [6, 6.07) is 7.98.